The van der Waals surface area contributed by atoms with E-state index in [9.17, 15) is 9.59 Å². The van der Waals surface area contributed by atoms with Crippen molar-refractivity contribution in [2.75, 3.05) is 16.4 Å². The van der Waals surface area contributed by atoms with Crippen LogP contribution in [0.15, 0.2) is 86.8 Å². The Morgan fingerprint density at radius 3 is 1.16 bits per heavy atom. The van der Waals surface area contributed by atoms with Gasteiger partial charge in [-0.05, 0) is 112 Å². The second-order valence-electron chi connectivity index (χ2n) is 18.1. The molecule has 3 aromatic carbocycles. The molecule has 0 unspecified atom stereocenters. The van der Waals surface area contributed by atoms with Gasteiger partial charge >= 0.3 is 0 Å². The number of nitrogens with two attached hydrogens (primary N) is 1. The monoisotopic (exact) mass is 1110 g/mol. The summed E-state index contributed by atoms with van der Waals surface area (Å²) >= 11 is 21.2. The van der Waals surface area contributed by atoms with Crippen molar-refractivity contribution < 1.29 is 22.8 Å². The Morgan fingerprint density at radius 2 is 0.868 bits per heavy atom. The zero-order valence-electron chi connectivity index (χ0n) is 39.8. The lowest BCUT2D eigenvalue weighted by molar-refractivity contribution is 0.102. The molecule has 0 aliphatic heterocycles. The Bertz CT molecular complexity index is 3810. The highest BCUT2D eigenvalue weighted by atomic mass is 35.5. The first-order valence-electron chi connectivity index (χ1n) is 23.6. The minimum atomic E-state index is -0.316. The van der Waals surface area contributed by atoms with Crippen molar-refractivity contribution in [3.63, 3.8) is 0 Å². The van der Waals surface area contributed by atoms with Gasteiger partial charge in [-0.1, -0.05) is 43.8 Å². The number of carbonyl (C=O) groups is 2. The number of carbonyl (C=O) groups excluding carboxylic acids is 2. The Hall–Kier alpha value is -7.96. The van der Waals surface area contributed by atoms with Crippen LogP contribution in [0.4, 0.5) is 17.5 Å². The molecule has 0 saturated heterocycles. The molecular weight excluding hydrogens is 1080 g/mol. The Labute approximate surface area is 452 Å². The van der Waals surface area contributed by atoms with Crippen molar-refractivity contribution in [3.8, 4) is 33.8 Å². The van der Waals surface area contributed by atoms with Crippen LogP contribution in [0.2, 0.25) is 15.1 Å². The van der Waals surface area contributed by atoms with Crippen LogP contribution in [0.1, 0.15) is 105 Å². The molecule has 3 aliphatic rings. The van der Waals surface area contributed by atoms with Gasteiger partial charge in [-0.15, -0.1) is 10.2 Å². The number of amides is 2. The number of hydrogen-bond acceptors (Lipinski definition) is 21. The number of anilines is 3. The van der Waals surface area contributed by atoms with Gasteiger partial charge in [-0.2, -0.15) is 0 Å². The van der Waals surface area contributed by atoms with Crippen LogP contribution in [0.25, 0.3) is 67.1 Å². The van der Waals surface area contributed by atoms with E-state index in [0.717, 1.165) is 107 Å². The van der Waals surface area contributed by atoms with Gasteiger partial charge < -0.3 is 29.6 Å². The molecule has 0 atom stereocenters. The van der Waals surface area contributed by atoms with Crippen LogP contribution in [-0.2, 0) is 0 Å². The van der Waals surface area contributed by atoms with Crippen molar-refractivity contribution in [2.45, 2.75) is 70.1 Å². The lowest BCUT2D eigenvalue weighted by Gasteiger charge is -2.06. The minimum Gasteiger partial charge on any atom is -0.440 e. The predicted molar refractivity (Wildman–Crippen MR) is 286 cm³/mol. The fourth-order valence-electron chi connectivity index (χ4n) is 7.77. The number of halogens is 3. The number of aromatic nitrogens is 13. The highest BCUT2D eigenvalue weighted by Gasteiger charge is 2.31. The maximum atomic E-state index is 12.2. The molecule has 26 heteroatoms. The number of hydrogen-bond donors (Lipinski definition) is 3. The molecule has 0 bridgehead atoms. The van der Waals surface area contributed by atoms with Crippen LogP contribution in [0, 0.1) is 13.8 Å². The molecule has 2 amide bonds. The molecule has 4 N–H and O–H groups in total. The first-order chi connectivity index (χ1) is 36.9. The van der Waals surface area contributed by atoms with Gasteiger partial charge in [-0.3, -0.25) is 24.5 Å². The number of nitrogens with zero attached hydrogens (tertiary/aromatic N) is 13. The quantitative estimate of drug-likeness (QED) is 0.115. The topological polar surface area (TPSA) is 291 Å². The molecule has 14 rings (SSSR count). The predicted octanol–water partition coefficient (Wildman–Crippen LogP) is 11.9. The fraction of sp³-hybridized carbons (Fsp3) is 0.220. The lowest BCUT2D eigenvalue weighted by Crippen LogP contribution is -2.13. The molecule has 8 heterocycles. The van der Waals surface area contributed by atoms with Gasteiger partial charge in [0.25, 0.3) is 11.8 Å². The number of rotatable bonds is 10. The average Bonchev–Trinajstić information content (AvgIpc) is 4.39. The van der Waals surface area contributed by atoms with Crippen molar-refractivity contribution in [1.29, 1.82) is 0 Å². The first-order valence-corrected chi connectivity index (χ1v) is 26.3. The van der Waals surface area contributed by atoms with Crippen LogP contribution in [0.5, 0.6) is 0 Å². The van der Waals surface area contributed by atoms with Gasteiger partial charge in [0, 0.05) is 34.4 Å². The van der Waals surface area contributed by atoms with Crippen LogP contribution in [-0.4, -0.2) is 75.8 Å². The van der Waals surface area contributed by atoms with Crippen LogP contribution < -0.4 is 16.4 Å². The molecule has 11 aromatic rings. The summed E-state index contributed by atoms with van der Waals surface area (Å²) in [6.45, 7) is 3.45. The molecule has 0 radical (unpaired) electrons. The van der Waals surface area contributed by atoms with Gasteiger partial charge in [0.2, 0.25) is 0 Å². The zero-order chi connectivity index (χ0) is 52.2. The summed E-state index contributed by atoms with van der Waals surface area (Å²) in [5, 5.41) is 14.6. The molecular formula is C50H37Cl3N16O5S2. The Morgan fingerprint density at radius 1 is 0.513 bits per heavy atom. The zero-order valence-corrected chi connectivity index (χ0v) is 43.7. The van der Waals surface area contributed by atoms with Crippen molar-refractivity contribution in [3.05, 3.63) is 127 Å². The van der Waals surface area contributed by atoms with E-state index in [4.69, 9.17) is 53.8 Å². The van der Waals surface area contributed by atoms with E-state index >= 15 is 0 Å². The second kappa shape index (κ2) is 20.3. The number of nitrogen functional groups attached to an aromatic ring is 1. The second-order valence-corrected chi connectivity index (χ2v) is 20.8. The molecule has 21 nitrogen and oxygen atoms in total. The number of nitrogens with one attached hydrogen (secondary N) is 2. The molecule has 76 heavy (non-hydrogen) atoms. The van der Waals surface area contributed by atoms with Crippen molar-refractivity contribution in [2.24, 2.45) is 0 Å². The van der Waals surface area contributed by atoms with Crippen LogP contribution in [0.3, 0.4) is 0 Å². The molecule has 3 saturated carbocycles. The van der Waals surface area contributed by atoms with E-state index in [0.29, 0.717) is 111 Å². The van der Waals surface area contributed by atoms with Gasteiger partial charge in [0.15, 0.2) is 46.1 Å². The number of fused-ring (bicyclic) bond motifs is 3. The molecule has 3 fully saturated rings. The highest BCUT2D eigenvalue weighted by Crippen LogP contribution is 2.44. The average molecular weight is 1110 g/mol. The standard InChI is InChI=1S/2C18H13ClN6O2S.C14H11ClN4O/c2*1-8-16(28-25-24-8)17(26)23-15-7-20-13(6-21-15)10-4-14-12(5-11(10)19)22-18(27-14)9-2-3-9;15-9-4-10-12(20-14(19-10)7-1-2-7)3-8(9)11-5-18-13(16)6-17-11/h2*4-7,9H,2-3H2,1H3,(H,21,23,26);3-7H,1-2H2,(H2,16,18). The molecule has 3 aliphatic carbocycles. The third kappa shape index (κ3) is 10.5. The smallest absolute Gasteiger partial charge is 0.270 e. The Kier molecular flexibility index (Phi) is 13.1. The maximum absolute atomic E-state index is 12.2. The van der Waals surface area contributed by atoms with E-state index in [1.54, 1.807) is 50.6 Å². The van der Waals surface area contributed by atoms with Crippen LogP contribution >= 0.6 is 57.9 Å². The fourth-order valence-corrected chi connectivity index (χ4v) is 9.64. The summed E-state index contributed by atoms with van der Waals surface area (Å²) in [6.07, 6.45) is 15.9. The normalized spacial score (nSPS) is 14.1. The number of oxazole rings is 3. The van der Waals surface area contributed by atoms with E-state index in [1.807, 2.05) is 18.2 Å². The highest BCUT2D eigenvalue weighted by molar-refractivity contribution is 7.08. The van der Waals surface area contributed by atoms with E-state index < -0.39 is 0 Å². The number of aryl methyl sites for hydroxylation is 2. The van der Waals surface area contributed by atoms with Gasteiger partial charge in [0.05, 0.1) is 80.7 Å². The Balaban J connectivity index is 0.000000117. The first kappa shape index (κ1) is 48.9. The maximum Gasteiger partial charge on any atom is 0.270 e. The molecule has 380 valence electrons. The van der Waals surface area contributed by atoms with Gasteiger partial charge in [0.1, 0.15) is 32.1 Å². The summed E-state index contributed by atoms with van der Waals surface area (Å²) in [4.78, 5) is 64.4. The van der Waals surface area contributed by atoms with Crippen molar-refractivity contribution in [1.82, 2.24) is 64.0 Å². The third-order valence-corrected chi connectivity index (χ3v) is 14.9. The number of benzene rings is 3. The summed E-state index contributed by atoms with van der Waals surface area (Å²) in [5.74, 6) is 4.05. The van der Waals surface area contributed by atoms with Gasteiger partial charge in [-0.25, -0.2) is 29.9 Å². The van der Waals surface area contributed by atoms with E-state index in [2.05, 4.69) is 74.7 Å². The largest absolute Gasteiger partial charge is 0.440 e. The van der Waals surface area contributed by atoms with E-state index in [1.165, 1.54) is 18.6 Å². The summed E-state index contributed by atoms with van der Waals surface area (Å²) in [5.41, 5.74) is 15.0. The molecule has 8 aromatic heterocycles. The minimum absolute atomic E-state index is 0.316. The van der Waals surface area contributed by atoms with E-state index in [-0.39, 0.29) is 11.8 Å². The molecule has 0 spiro atoms. The third-order valence-electron chi connectivity index (χ3n) is 12.3. The summed E-state index contributed by atoms with van der Waals surface area (Å²) in [7, 11) is 0. The lowest BCUT2D eigenvalue weighted by atomic mass is 10.1. The van der Waals surface area contributed by atoms with Crippen molar-refractivity contribution >= 4 is 120 Å². The summed E-state index contributed by atoms with van der Waals surface area (Å²) in [6, 6.07) is 10.9. The SMILES string of the molecule is Cc1nnsc1C(=O)Nc1cnc(-c2cc3oc(C4CC4)nc3cc2Cl)cn1.Cc1nnsc1C(=O)Nc1cnc(-c2cc3oc(C4CC4)nc3cc2Cl)cn1.Nc1cnc(-c2cc3oc(C4CC4)nc3cc2Cl)cn1. The summed E-state index contributed by atoms with van der Waals surface area (Å²) < 4.78 is 25.0.